The van der Waals surface area contributed by atoms with Gasteiger partial charge in [0.15, 0.2) is 0 Å². The van der Waals surface area contributed by atoms with Crippen LogP contribution in [-0.2, 0) is 5.75 Å². The van der Waals surface area contributed by atoms with Gasteiger partial charge in [0.25, 0.3) is 0 Å². The summed E-state index contributed by atoms with van der Waals surface area (Å²) < 4.78 is 0. The number of rotatable bonds is 7. The maximum atomic E-state index is 3.44. The van der Waals surface area contributed by atoms with Crippen LogP contribution in [0.4, 0.5) is 0 Å². The standard InChI is InChI=1S/C14H23NS/c1-4-15-13(3)9-10-16-11-14-8-6-5-7-12(14)2/h5-8,13,15H,4,9-11H2,1-3H3. The molecule has 0 radical (unpaired) electrons. The third kappa shape index (κ3) is 5.04. The van der Waals surface area contributed by atoms with Crippen LogP contribution in [0, 0.1) is 6.92 Å². The summed E-state index contributed by atoms with van der Waals surface area (Å²) in [4.78, 5) is 0. The van der Waals surface area contributed by atoms with Crippen LogP contribution in [0.1, 0.15) is 31.4 Å². The quantitative estimate of drug-likeness (QED) is 0.727. The van der Waals surface area contributed by atoms with Crippen molar-refractivity contribution < 1.29 is 0 Å². The highest BCUT2D eigenvalue weighted by Crippen LogP contribution is 2.16. The van der Waals surface area contributed by atoms with E-state index in [9.17, 15) is 0 Å². The monoisotopic (exact) mass is 237 g/mol. The minimum absolute atomic E-state index is 0.648. The van der Waals surface area contributed by atoms with Crippen molar-refractivity contribution in [1.29, 1.82) is 0 Å². The zero-order chi connectivity index (χ0) is 11.8. The normalized spacial score (nSPS) is 12.7. The molecule has 0 fully saturated rings. The fourth-order valence-electron chi connectivity index (χ4n) is 1.66. The Morgan fingerprint density at radius 1 is 1.31 bits per heavy atom. The number of hydrogen-bond donors (Lipinski definition) is 1. The van der Waals surface area contributed by atoms with Gasteiger partial charge in [0, 0.05) is 11.8 Å². The lowest BCUT2D eigenvalue weighted by Gasteiger charge is -2.11. The van der Waals surface area contributed by atoms with Crippen molar-refractivity contribution >= 4 is 11.8 Å². The highest BCUT2D eigenvalue weighted by Gasteiger charge is 2.00. The zero-order valence-electron chi connectivity index (χ0n) is 10.6. The molecule has 1 aromatic rings. The molecule has 1 unspecified atom stereocenters. The van der Waals surface area contributed by atoms with Gasteiger partial charge in [-0.1, -0.05) is 31.2 Å². The molecule has 0 heterocycles. The number of thioether (sulfide) groups is 1. The van der Waals surface area contributed by atoms with E-state index in [2.05, 4.69) is 50.4 Å². The van der Waals surface area contributed by atoms with E-state index in [1.807, 2.05) is 11.8 Å². The fourth-order valence-corrected chi connectivity index (χ4v) is 2.87. The van der Waals surface area contributed by atoms with E-state index in [0.717, 1.165) is 12.3 Å². The van der Waals surface area contributed by atoms with E-state index in [4.69, 9.17) is 0 Å². The summed E-state index contributed by atoms with van der Waals surface area (Å²) in [5.41, 5.74) is 2.89. The van der Waals surface area contributed by atoms with E-state index in [1.54, 1.807) is 0 Å². The van der Waals surface area contributed by atoms with Crippen LogP contribution in [0.5, 0.6) is 0 Å². The van der Waals surface area contributed by atoms with Crippen LogP contribution in [-0.4, -0.2) is 18.3 Å². The molecule has 90 valence electrons. The van der Waals surface area contributed by atoms with Crippen molar-refractivity contribution in [3.05, 3.63) is 35.4 Å². The second-order valence-electron chi connectivity index (χ2n) is 4.23. The molecule has 1 N–H and O–H groups in total. The van der Waals surface area contributed by atoms with Gasteiger partial charge in [0.2, 0.25) is 0 Å². The Labute approximate surface area is 104 Å². The number of nitrogens with one attached hydrogen (secondary N) is 1. The van der Waals surface area contributed by atoms with E-state index in [-0.39, 0.29) is 0 Å². The predicted molar refractivity (Wildman–Crippen MR) is 75.1 cm³/mol. The van der Waals surface area contributed by atoms with Gasteiger partial charge >= 0.3 is 0 Å². The van der Waals surface area contributed by atoms with E-state index < -0.39 is 0 Å². The van der Waals surface area contributed by atoms with Crippen LogP contribution < -0.4 is 5.32 Å². The van der Waals surface area contributed by atoms with Crippen molar-refractivity contribution in [2.45, 2.75) is 39.0 Å². The van der Waals surface area contributed by atoms with E-state index >= 15 is 0 Å². The Bertz CT molecular complexity index is 299. The lowest BCUT2D eigenvalue weighted by atomic mass is 10.1. The predicted octanol–water partition coefficient (Wildman–Crippen LogP) is 3.62. The molecule has 0 aliphatic carbocycles. The van der Waals surface area contributed by atoms with Gasteiger partial charge in [-0.05, 0) is 43.7 Å². The molecule has 0 saturated heterocycles. The fraction of sp³-hybridized carbons (Fsp3) is 0.571. The van der Waals surface area contributed by atoms with Crippen molar-refractivity contribution in [1.82, 2.24) is 5.32 Å². The topological polar surface area (TPSA) is 12.0 Å². The van der Waals surface area contributed by atoms with Crippen molar-refractivity contribution in [2.75, 3.05) is 12.3 Å². The lowest BCUT2D eigenvalue weighted by Crippen LogP contribution is -2.25. The second-order valence-corrected chi connectivity index (χ2v) is 5.33. The molecule has 0 aromatic heterocycles. The first-order valence-corrected chi connectivity index (χ1v) is 7.25. The molecule has 2 heteroatoms. The Morgan fingerprint density at radius 3 is 2.75 bits per heavy atom. The van der Waals surface area contributed by atoms with Crippen LogP contribution in [0.25, 0.3) is 0 Å². The van der Waals surface area contributed by atoms with Gasteiger partial charge in [0.05, 0.1) is 0 Å². The summed E-state index contributed by atoms with van der Waals surface area (Å²) in [6, 6.07) is 9.31. The average molecular weight is 237 g/mol. The van der Waals surface area contributed by atoms with Crippen molar-refractivity contribution in [2.24, 2.45) is 0 Å². The lowest BCUT2D eigenvalue weighted by molar-refractivity contribution is 0.556. The van der Waals surface area contributed by atoms with Crippen molar-refractivity contribution in [3.8, 4) is 0 Å². The van der Waals surface area contributed by atoms with Gasteiger partial charge in [0.1, 0.15) is 0 Å². The summed E-state index contributed by atoms with van der Waals surface area (Å²) >= 11 is 2.03. The molecule has 1 aromatic carbocycles. The zero-order valence-corrected chi connectivity index (χ0v) is 11.4. The molecular formula is C14H23NS. The number of aryl methyl sites for hydroxylation is 1. The highest BCUT2D eigenvalue weighted by molar-refractivity contribution is 7.98. The van der Waals surface area contributed by atoms with Crippen LogP contribution >= 0.6 is 11.8 Å². The van der Waals surface area contributed by atoms with Gasteiger partial charge in [-0.3, -0.25) is 0 Å². The Balaban J connectivity index is 2.19. The molecular weight excluding hydrogens is 214 g/mol. The molecule has 0 bridgehead atoms. The first-order valence-electron chi connectivity index (χ1n) is 6.09. The third-order valence-electron chi connectivity index (χ3n) is 2.77. The van der Waals surface area contributed by atoms with Gasteiger partial charge in [-0.2, -0.15) is 11.8 Å². The summed E-state index contributed by atoms with van der Waals surface area (Å²) in [5.74, 6) is 2.38. The molecule has 0 amide bonds. The molecule has 1 atom stereocenters. The SMILES string of the molecule is CCNC(C)CCSCc1ccccc1C. The summed E-state index contributed by atoms with van der Waals surface area (Å²) in [6.07, 6.45) is 1.25. The molecule has 0 aliphatic rings. The minimum atomic E-state index is 0.648. The summed E-state index contributed by atoms with van der Waals surface area (Å²) in [7, 11) is 0. The maximum absolute atomic E-state index is 3.44. The first-order chi connectivity index (χ1) is 7.74. The van der Waals surface area contributed by atoms with Gasteiger partial charge in [-0.25, -0.2) is 0 Å². The molecule has 0 aliphatic heterocycles. The van der Waals surface area contributed by atoms with E-state index in [0.29, 0.717) is 6.04 Å². The molecule has 0 saturated carbocycles. The van der Waals surface area contributed by atoms with Crippen LogP contribution in [0.15, 0.2) is 24.3 Å². The van der Waals surface area contributed by atoms with Crippen LogP contribution in [0.3, 0.4) is 0 Å². The first kappa shape index (κ1) is 13.6. The molecule has 1 rings (SSSR count). The summed E-state index contributed by atoms with van der Waals surface area (Å²) in [5, 5.41) is 3.44. The Morgan fingerprint density at radius 2 is 2.06 bits per heavy atom. The molecule has 1 nitrogen and oxygen atoms in total. The second kappa shape index (κ2) is 7.75. The maximum Gasteiger partial charge on any atom is 0.0187 e. The Hall–Kier alpha value is -0.470. The summed E-state index contributed by atoms with van der Waals surface area (Å²) in [6.45, 7) is 7.69. The number of hydrogen-bond acceptors (Lipinski definition) is 2. The smallest absolute Gasteiger partial charge is 0.0187 e. The average Bonchev–Trinajstić information content (AvgIpc) is 2.27. The molecule has 0 spiro atoms. The highest BCUT2D eigenvalue weighted by atomic mass is 32.2. The van der Waals surface area contributed by atoms with Gasteiger partial charge < -0.3 is 5.32 Å². The van der Waals surface area contributed by atoms with E-state index in [1.165, 1.54) is 23.3 Å². The Kier molecular flexibility index (Phi) is 6.58. The van der Waals surface area contributed by atoms with Crippen LogP contribution in [0.2, 0.25) is 0 Å². The van der Waals surface area contributed by atoms with Gasteiger partial charge in [-0.15, -0.1) is 0 Å². The molecule has 16 heavy (non-hydrogen) atoms. The largest absolute Gasteiger partial charge is 0.315 e. The third-order valence-corrected chi connectivity index (χ3v) is 3.81. The minimum Gasteiger partial charge on any atom is -0.315 e. The number of benzene rings is 1. The van der Waals surface area contributed by atoms with Crippen molar-refractivity contribution in [3.63, 3.8) is 0 Å².